The summed E-state index contributed by atoms with van der Waals surface area (Å²) in [5.41, 5.74) is 8.99. The number of benzene rings is 4. The van der Waals surface area contributed by atoms with E-state index in [0.29, 0.717) is 0 Å². The molecule has 0 aliphatic rings. The molecule has 0 aliphatic carbocycles. The lowest BCUT2D eigenvalue weighted by atomic mass is 10.1. The molecule has 4 heterocycles. The van der Waals surface area contributed by atoms with Crippen molar-refractivity contribution in [3.63, 3.8) is 0 Å². The van der Waals surface area contributed by atoms with Gasteiger partial charge in [-0.2, -0.15) is 0 Å². The minimum absolute atomic E-state index is 1.01. The predicted molar refractivity (Wildman–Crippen MR) is 169 cm³/mol. The molecule has 3 heteroatoms. The lowest BCUT2D eigenvalue weighted by molar-refractivity contribution is 1.14. The zero-order chi connectivity index (χ0) is 26.8. The number of hydrogen-bond acceptors (Lipinski definition) is 1. The Balaban J connectivity index is 1.57. The van der Waals surface area contributed by atoms with Crippen molar-refractivity contribution in [2.45, 2.75) is 0 Å². The second-order valence-corrected chi connectivity index (χ2v) is 10.3. The summed E-state index contributed by atoms with van der Waals surface area (Å²) in [6.07, 6.45) is 7.83. The van der Waals surface area contributed by atoms with Crippen molar-refractivity contribution in [3.8, 4) is 16.8 Å². The van der Waals surface area contributed by atoms with Gasteiger partial charge in [-0.15, -0.1) is 0 Å². The molecule has 40 heavy (non-hydrogen) atoms. The van der Waals surface area contributed by atoms with Crippen molar-refractivity contribution in [2.24, 2.45) is 0 Å². The van der Waals surface area contributed by atoms with Crippen LogP contribution in [0.2, 0.25) is 0 Å². The Bertz CT molecular complexity index is 2410. The molecule has 0 atom stereocenters. The Morgan fingerprint density at radius 2 is 1.38 bits per heavy atom. The first-order chi connectivity index (χ1) is 19.7. The van der Waals surface area contributed by atoms with E-state index in [9.17, 15) is 0 Å². The van der Waals surface area contributed by atoms with E-state index in [1.54, 1.807) is 0 Å². The molecule has 0 radical (unpaired) electrons. The van der Waals surface area contributed by atoms with E-state index in [-0.39, 0.29) is 0 Å². The molecular formula is C37H25N3. The second-order valence-electron chi connectivity index (χ2n) is 10.3. The van der Waals surface area contributed by atoms with Gasteiger partial charge in [-0.3, -0.25) is 4.98 Å². The van der Waals surface area contributed by atoms with Crippen LogP contribution in [0.15, 0.2) is 128 Å². The number of para-hydroxylation sites is 2. The molecule has 0 bridgehead atoms. The van der Waals surface area contributed by atoms with Crippen LogP contribution in [0.25, 0.3) is 78.6 Å². The number of aromatic nitrogens is 3. The number of hydrogen-bond donors (Lipinski definition) is 0. The van der Waals surface area contributed by atoms with Gasteiger partial charge < -0.3 is 8.97 Å². The summed E-state index contributed by atoms with van der Waals surface area (Å²) in [4.78, 5) is 4.68. The average molecular weight is 512 g/mol. The van der Waals surface area contributed by atoms with Crippen molar-refractivity contribution in [2.75, 3.05) is 0 Å². The number of rotatable bonds is 3. The SMILES string of the molecule is C=C/C=c1\c(=C)c2cc3ccccc3n2c2cc3c(cc12)c1ccccc1n3-c1cncc(-c2ccccc2)c1. The smallest absolute Gasteiger partial charge is 0.0651 e. The van der Waals surface area contributed by atoms with Gasteiger partial charge in [0.2, 0.25) is 0 Å². The van der Waals surface area contributed by atoms with Gasteiger partial charge in [-0.05, 0) is 52.4 Å². The molecule has 3 nitrogen and oxygen atoms in total. The van der Waals surface area contributed by atoms with E-state index < -0.39 is 0 Å². The highest BCUT2D eigenvalue weighted by atomic mass is 15.0. The van der Waals surface area contributed by atoms with Gasteiger partial charge in [0, 0.05) is 33.3 Å². The molecule has 0 saturated carbocycles. The van der Waals surface area contributed by atoms with Crippen LogP contribution in [0, 0.1) is 0 Å². The summed E-state index contributed by atoms with van der Waals surface area (Å²) in [6, 6.07) is 36.7. The second kappa shape index (κ2) is 8.55. The molecule has 4 aromatic carbocycles. The standard InChI is InChI=1S/C37H25N3/c1-3-11-29-24(2)35-19-26-14-7-9-16-33(26)40(35)37-21-36-32(20-31(29)37)30-15-8-10-17-34(30)39(36)28-18-27(22-38-23-28)25-12-5-4-6-13-25/h3-23H,1-2H2/b29-11+. The van der Waals surface area contributed by atoms with Gasteiger partial charge in [0.05, 0.1) is 39.5 Å². The molecule has 0 saturated heterocycles. The minimum atomic E-state index is 1.01. The third-order valence-corrected chi connectivity index (χ3v) is 8.04. The molecule has 188 valence electrons. The number of nitrogens with zero attached hydrogens (tertiary/aromatic N) is 3. The van der Waals surface area contributed by atoms with Gasteiger partial charge >= 0.3 is 0 Å². The van der Waals surface area contributed by atoms with Crippen LogP contribution in [-0.2, 0) is 0 Å². The van der Waals surface area contributed by atoms with Crippen molar-refractivity contribution < 1.29 is 0 Å². The van der Waals surface area contributed by atoms with E-state index in [4.69, 9.17) is 0 Å². The Labute approximate surface area is 230 Å². The van der Waals surface area contributed by atoms with Crippen LogP contribution in [0.1, 0.15) is 0 Å². The summed E-state index contributed by atoms with van der Waals surface area (Å²) < 4.78 is 4.70. The number of allylic oxidation sites excluding steroid dienone is 1. The first-order valence-electron chi connectivity index (χ1n) is 13.4. The quantitative estimate of drug-likeness (QED) is 0.237. The van der Waals surface area contributed by atoms with E-state index >= 15 is 0 Å². The summed E-state index contributed by atoms with van der Waals surface area (Å²) in [5, 5.41) is 6.87. The molecule has 0 unspecified atom stereocenters. The lowest BCUT2D eigenvalue weighted by Crippen LogP contribution is -2.26. The highest BCUT2D eigenvalue weighted by molar-refractivity contribution is 6.14. The summed E-state index contributed by atoms with van der Waals surface area (Å²) in [6.45, 7) is 8.55. The molecule has 8 aromatic rings. The van der Waals surface area contributed by atoms with Crippen molar-refractivity contribution in [1.29, 1.82) is 0 Å². The molecule has 8 rings (SSSR count). The third-order valence-electron chi connectivity index (χ3n) is 8.04. The monoisotopic (exact) mass is 511 g/mol. The lowest BCUT2D eigenvalue weighted by Gasteiger charge is -2.12. The van der Waals surface area contributed by atoms with Crippen molar-refractivity contribution in [3.05, 3.63) is 139 Å². The van der Waals surface area contributed by atoms with Crippen LogP contribution >= 0.6 is 0 Å². The van der Waals surface area contributed by atoms with Gasteiger partial charge in [-0.1, -0.05) is 92.0 Å². The maximum Gasteiger partial charge on any atom is 0.0651 e. The maximum absolute atomic E-state index is 4.68. The van der Waals surface area contributed by atoms with E-state index in [2.05, 4.69) is 130 Å². The van der Waals surface area contributed by atoms with E-state index in [0.717, 1.165) is 54.7 Å². The maximum atomic E-state index is 4.68. The van der Waals surface area contributed by atoms with E-state index in [1.165, 1.54) is 21.7 Å². The van der Waals surface area contributed by atoms with Gasteiger partial charge in [0.25, 0.3) is 0 Å². The van der Waals surface area contributed by atoms with Crippen LogP contribution in [0.5, 0.6) is 0 Å². The Hall–Kier alpha value is -5.41. The van der Waals surface area contributed by atoms with Crippen LogP contribution in [0.4, 0.5) is 0 Å². The minimum Gasteiger partial charge on any atom is -0.309 e. The van der Waals surface area contributed by atoms with Crippen LogP contribution < -0.4 is 10.4 Å². The van der Waals surface area contributed by atoms with Crippen LogP contribution in [0.3, 0.4) is 0 Å². The normalized spacial score (nSPS) is 12.3. The summed E-state index contributed by atoms with van der Waals surface area (Å²) in [7, 11) is 0. The Kier molecular flexibility index (Phi) is 4.82. The molecule has 4 aromatic heterocycles. The number of fused-ring (bicyclic) bond motifs is 8. The average Bonchev–Trinajstić information content (AvgIpc) is 3.55. The third kappa shape index (κ3) is 3.15. The Morgan fingerprint density at radius 1 is 0.600 bits per heavy atom. The number of pyridine rings is 2. The highest BCUT2D eigenvalue weighted by Gasteiger charge is 2.17. The molecule has 0 amide bonds. The first kappa shape index (κ1) is 22.6. The van der Waals surface area contributed by atoms with Crippen molar-refractivity contribution in [1.82, 2.24) is 14.0 Å². The fourth-order valence-electron chi connectivity index (χ4n) is 6.27. The molecule has 0 N–H and O–H groups in total. The van der Waals surface area contributed by atoms with Crippen molar-refractivity contribution >= 4 is 61.8 Å². The predicted octanol–water partition coefficient (Wildman–Crippen LogP) is 7.78. The Morgan fingerprint density at radius 3 is 2.23 bits per heavy atom. The van der Waals surface area contributed by atoms with Gasteiger partial charge in [0.15, 0.2) is 0 Å². The molecule has 0 aliphatic heterocycles. The fourth-order valence-corrected chi connectivity index (χ4v) is 6.27. The summed E-state index contributed by atoms with van der Waals surface area (Å²) >= 11 is 0. The fraction of sp³-hybridized carbons (Fsp3) is 0. The van der Waals surface area contributed by atoms with Gasteiger partial charge in [-0.25, -0.2) is 0 Å². The molecular weight excluding hydrogens is 486 g/mol. The highest BCUT2D eigenvalue weighted by Crippen LogP contribution is 2.35. The zero-order valence-electron chi connectivity index (χ0n) is 21.9. The van der Waals surface area contributed by atoms with Gasteiger partial charge in [0.1, 0.15) is 0 Å². The van der Waals surface area contributed by atoms with E-state index in [1.807, 2.05) is 24.5 Å². The molecule has 0 spiro atoms. The molecule has 0 fully saturated rings. The largest absolute Gasteiger partial charge is 0.309 e. The zero-order valence-corrected chi connectivity index (χ0v) is 21.9. The van der Waals surface area contributed by atoms with Crippen LogP contribution in [-0.4, -0.2) is 14.0 Å². The summed E-state index contributed by atoms with van der Waals surface area (Å²) in [5.74, 6) is 0. The topological polar surface area (TPSA) is 22.2 Å². The first-order valence-corrected chi connectivity index (χ1v) is 13.4.